The van der Waals surface area contributed by atoms with Crippen molar-refractivity contribution in [2.75, 3.05) is 13.1 Å². The molecule has 0 radical (unpaired) electrons. The zero-order valence-corrected chi connectivity index (χ0v) is 19.6. The summed E-state index contributed by atoms with van der Waals surface area (Å²) in [5.41, 5.74) is -0.323. The van der Waals surface area contributed by atoms with E-state index in [0.29, 0.717) is 24.8 Å². The number of carbonyl (C=O) groups is 2. The van der Waals surface area contributed by atoms with Gasteiger partial charge >= 0.3 is 0 Å². The zero-order chi connectivity index (χ0) is 23.3. The Kier molecular flexibility index (Phi) is 6.09. The summed E-state index contributed by atoms with van der Waals surface area (Å²) < 4.78 is 1.63. The van der Waals surface area contributed by atoms with Crippen molar-refractivity contribution in [2.45, 2.75) is 95.9 Å². The van der Waals surface area contributed by atoms with Crippen LogP contribution in [0, 0.1) is 11.3 Å². The molecule has 4 atom stereocenters. The predicted molar refractivity (Wildman–Crippen MR) is 118 cm³/mol. The number of hydrogen-bond acceptors (Lipinski definition) is 6. The molecule has 1 aliphatic heterocycles. The van der Waals surface area contributed by atoms with Gasteiger partial charge in [-0.2, -0.15) is 0 Å². The van der Waals surface area contributed by atoms with Crippen LogP contribution in [0.1, 0.15) is 83.9 Å². The molecule has 0 aromatic carbocycles. The molecule has 3 N–H and O–H groups in total. The SMILES string of the molecule is CC(O)(CCNC(=O)[C@@H]1C[C@@H](O)CN1C(=O)[C@@H](n1cc(C2CC2)nn1)C(C)(C)C)C1CC1. The van der Waals surface area contributed by atoms with Gasteiger partial charge < -0.3 is 20.4 Å². The van der Waals surface area contributed by atoms with Gasteiger partial charge in [-0.1, -0.05) is 26.0 Å². The Labute approximate surface area is 189 Å². The van der Waals surface area contributed by atoms with Crippen molar-refractivity contribution in [1.29, 1.82) is 0 Å². The van der Waals surface area contributed by atoms with E-state index in [4.69, 9.17) is 0 Å². The molecule has 2 heterocycles. The van der Waals surface area contributed by atoms with Gasteiger partial charge in [-0.3, -0.25) is 9.59 Å². The molecule has 1 saturated heterocycles. The van der Waals surface area contributed by atoms with Gasteiger partial charge in [0, 0.05) is 31.6 Å². The van der Waals surface area contributed by atoms with E-state index in [1.165, 1.54) is 4.90 Å². The Bertz CT molecular complexity index is 853. The smallest absolute Gasteiger partial charge is 0.248 e. The van der Waals surface area contributed by atoms with Crippen LogP contribution < -0.4 is 5.32 Å². The molecule has 1 unspecified atom stereocenters. The fourth-order valence-corrected chi connectivity index (χ4v) is 4.79. The number of rotatable bonds is 8. The molecule has 1 aromatic rings. The number of aliphatic hydroxyl groups excluding tert-OH is 1. The van der Waals surface area contributed by atoms with E-state index in [1.54, 1.807) is 4.68 Å². The number of nitrogens with zero attached hydrogens (tertiary/aromatic N) is 4. The number of likely N-dealkylation sites (tertiary alicyclic amines) is 1. The Hall–Kier alpha value is -2.00. The highest BCUT2D eigenvalue weighted by molar-refractivity contribution is 5.90. The average molecular weight is 448 g/mol. The number of amides is 2. The number of β-amino-alcohol motifs (C(OH)–C–C–N with tert-alkyl or cyclic N) is 1. The topological polar surface area (TPSA) is 121 Å². The first-order valence-corrected chi connectivity index (χ1v) is 11.9. The van der Waals surface area contributed by atoms with Crippen LogP contribution in [0.5, 0.6) is 0 Å². The third-order valence-corrected chi connectivity index (χ3v) is 7.09. The monoisotopic (exact) mass is 447 g/mol. The van der Waals surface area contributed by atoms with E-state index in [9.17, 15) is 19.8 Å². The highest BCUT2D eigenvalue weighted by Crippen LogP contribution is 2.41. The van der Waals surface area contributed by atoms with E-state index in [0.717, 1.165) is 31.4 Å². The Balaban J connectivity index is 1.45. The first-order valence-electron chi connectivity index (χ1n) is 11.9. The fraction of sp³-hybridized carbons (Fsp3) is 0.826. The second-order valence-corrected chi connectivity index (χ2v) is 11.2. The molecule has 9 heteroatoms. The minimum absolute atomic E-state index is 0.119. The fourth-order valence-electron chi connectivity index (χ4n) is 4.79. The molecule has 2 aliphatic carbocycles. The van der Waals surface area contributed by atoms with Gasteiger partial charge in [-0.05, 0) is 50.4 Å². The van der Waals surface area contributed by atoms with Gasteiger partial charge in [-0.15, -0.1) is 5.10 Å². The highest BCUT2D eigenvalue weighted by Gasteiger charge is 2.46. The van der Waals surface area contributed by atoms with Gasteiger partial charge in [-0.25, -0.2) is 4.68 Å². The van der Waals surface area contributed by atoms with E-state index in [-0.39, 0.29) is 24.8 Å². The lowest BCUT2D eigenvalue weighted by Gasteiger charge is -2.34. The van der Waals surface area contributed by atoms with Crippen LogP contribution in [0.3, 0.4) is 0 Å². The van der Waals surface area contributed by atoms with E-state index < -0.39 is 29.2 Å². The average Bonchev–Trinajstić information content (AvgIpc) is 3.62. The lowest BCUT2D eigenvalue weighted by Crippen LogP contribution is -2.50. The zero-order valence-electron chi connectivity index (χ0n) is 19.6. The lowest BCUT2D eigenvalue weighted by molar-refractivity contribution is -0.144. The Morgan fingerprint density at radius 2 is 1.91 bits per heavy atom. The maximum atomic E-state index is 13.7. The molecule has 0 spiro atoms. The van der Waals surface area contributed by atoms with Crippen LogP contribution in [-0.2, 0) is 9.59 Å². The molecule has 2 saturated carbocycles. The summed E-state index contributed by atoms with van der Waals surface area (Å²) in [4.78, 5) is 28.1. The molecule has 2 amide bonds. The summed E-state index contributed by atoms with van der Waals surface area (Å²) in [7, 11) is 0. The van der Waals surface area contributed by atoms with Crippen molar-refractivity contribution in [3.8, 4) is 0 Å². The van der Waals surface area contributed by atoms with Gasteiger partial charge in [0.25, 0.3) is 0 Å². The summed E-state index contributed by atoms with van der Waals surface area (Å²) in [6, 6.07) is -1.36. The minimum Gasteiger partial charge on any atom is -0.391 e. The summed E-state index contributed by atoms with van der Waals surface area (Å²) in [6.45, 7) is 8.18. The van der Waals surface area contributed by atoms with Crippen LogP contribution in [0.2, 0.25) is 0 Å². The molecule has 1 aromatic heterocycles. The molecular weight excluding hydrogens is 410 g/mol. The number of carbonyl (C=O) groups excluding carboxylic acids is 2. The van der Waals surface area contributed by atoms with Crippen molar-refractivity contribution in [3.05, 3.63) is 11.9 Å². The molecule has 178 valence electrons. The van der Waals surface area contributed by atoms with Gasteiger partial charge in [0.2, 0.25) is 11.8 Å². The standard InChI is InChI=1S/C23H37N5O4/c1-22(2,3)19(28-13-17(25-26-28)14-5-6-14)21(31)27-12-16(29)11-18(27)20(30)24-10-9-23(4,32)15-7-8-15/h13-16,18-19,29,32H,5-12H2,1-4H3,(H,24,30)/t16-,18+,19-,23?/m1/s1. The largest absolute Gasteiger partial charge is 0.391 e. The second-order valence-electron chi connectivity index (χ2n) is 11.2. The summed E-state index contributed by atoms with van der Waals surface area (Å²) in [5, 5.41) is 32.2. The maximum Gasteiger partial charge on any atom is 0.248 e. The predicted octanol–water partition coefficient (Wildman–Crippen LogP) is 1.37. The second kappa shape index (κ2) is 8.41. The van der Waals surface area contributed by atoms with Crippen LogP contribution in [-0.4, -0.2) is 72.8 Å². The van der Waals surface area contributed by atoms with Crippen molar-refractivity contribution >= 4 is 11.8 Å². The summed E-state index contributed by atoms with van der Waals surface area (Å²) >= 11 is 0. The Morgan fingerprint density at radius 1 is 1.22 bits per heavy atom. The number of hydrogen-bond donors (Lipinski definition) is 3. The van der Waals surface area contributed by atoms with Crippen molar-refractivity contribution in [3.63, 3.8) is 0 Å². The number of aromatic nitrogens is 3. The van der Waals surface area contributed by atoms with Gasteiger partial charge in [0.05, 0.1) is 17.4 Å². The highest BCUT2D eigenvalue weighted by atomic mass is 16.3. The van der Waals surface area contributed by atoms with E-state index >= 15 is 0 Å². The van der Waals surface area contributed by atoms with Crippen molar-refractivity contribution in [2.24, 2.45) is 11.3 Å². The maximum absolute atomic E-state index is 13.7. The minimum atomic E-state index is -0.776. The molecular formula is C23H37N5O4. The number of aliphatic hydroxyl groups is 2. The van der Waals surface area contributed by atoms with Crippen LogP contribution in [0.25, 0.3) is 0 Å². The van der Waals surface area contributed by atoms with Gasteiger partial charge in [0.15, 0.2) is 0 Å². The van der Waals surface area contributed by atoms with E-state index in [1.807, 2.05) is 33.9 Å². The number of nitrogens with one attached hydrogen (secondary N) is 1. The normalized spacial score (nSPS) is 26.6. The third kappa shape index (κ3) is 4.98. The lowest BCUT2D eigenvalue weighted by atomic mass is 9.85. The van der Waals surface area contributed by atoms with Gasteiger partial charge in [0.1, 0.15) is 12.1 Å². The molecule has 4 rings (SSSR count). The molecule has 3 aliphatic rings. The molecule has 32 heavy (non-hydrogen) atoms. The van der Waals surface area contributed by atoms with Crippen LogP contribution in [0.4, 0.5) is 0 Å². The summed E-state index contributed by atoms with van der Waals surface area (Å²) in [6.07, 6.45) is 6.03. The Morgan fingerprint density at radius 3 is 2.50 bits per heavy atom. The quantitative estimate of drug-likeness (QED) is 0.554. The van der Waals surface area contributed by atoms with Crippen LogP contribution in [0.15, 0.2) is 6.20 Å². The van der Waals surface area contributed by atoms with Crippen molar-refractivity contribution < 1.29 is 19.8 Å². The van der Waals surface area contributed by atoms with E-state index in [2.05, 4.69) is 15.6 Å². The van der Waals surface area contributed by atoms with Crippen LogP contribution >= 0.6 is 0 Å². The first-order chi connectivity index (χ1) is 15.0. The molecule has 3 fully saturated rings. The molecule has 0 bridgehead atoms. The summed E-state index contributed by atoms with van der Waals surface area (Å²) in [5.74, 6) is 0.221. The molecule has 9 nitrogen and oxygen atoms in total. The van der Waals surface area contributed by atoms with Crippen molar-refractivity contribution in [1.82, 2.24) is 25.2 Å². The third-order valence-electron chi connectivity index (χ3n) is 7.09. The first kappa shape index (κ1) is 23.2.